The molecule has 116 valence electrons. The molecule has 0 bridgehead atoms. The summed E-state index contributed by atoms with van der Waals surface area (Å²) in [5.41, 5.74) is 0.984. The smallest absolute Gasteiger partial charge is 0.222 e. The Balaban J connectivity index is 1.86. The van der Waals surface area contributed by atoms with E-state index < -0.39 is 0 Å². The maximum atomic E-state index is 12.3. The monoisotopic (exact) mass is 328 g/mol. The fraction of sp³-hybridized carbons (Fsp3) is 0.562. The van der Waals surface area contributed by atoms with Crippen molar-refractivity contribution >= 4 is 29.1 Å². The predicted molar refractivity (Wildman–Crippen MR) is 88.0 cm³/mol. The van der Waals surface area contributed by atoms with Gasteiger partial charge in [-0.15, -0.1) is 0 Å². The van der Waals surface area contributed by atoms with E-state index in [2.05, 4.69) is 5.32 Å². The number of nitrogens with one attached hydrogen (secondary N) is 1. The standard InChI is InChI=1S/C16H22Cl2N2O/c1-19-10-12-3-2-8-20(11-12)16(21)7-5-13-4-6-14(17)9-15(13)18/h4,6,9,12,19H,2-3,5,7-8,10-11H2,1H3/t12-/m0/s1. The van der Waals surface area contributed by atoms with Gasteiger partial charge in [0.25, 0.3) is 0 Å². The van der Waals surface area contributed by atoms with Crippen molar-refractivity contribution in [2.24, 2.45) is 5.92 Å². The van der Waals surface area contributed by atoms with E-state index in [1.54, 1.807) is 6.07 Å². The molecule has 1 aliphatic heterocycles. The van der Waals surface area contributed by atoms with Crippen LogP contribution in [0.5, 0.6) is 0 Å². The van der Waals surface area contributed by atoms with Crippen LogP contribution in [0, 0.1) is 5.92 Å². The maximum Gasteiger partial charge on any atom is 0.222 e. The van der Waals surface area contributed by atoms with E-state index in [9.17, 15) is 4.79 Å². The third kappa shape index (κ3) is 4.87. The predicted octanol–water partition coefficient (Wildman–Crippen LogP) is 3.38. The van der Waals surface area contributed by atoms with E-state index in [-0.39, 0.29) is 5.91 Å². The highest BCUT2D eigenvalue weighted by molar-refractivity contribution is 6.35. The van der Waals surface area contributed by atoms with Gasteiger partial charge in [0.1, 0.15) is 0 Å². The molecule has 5 heteroatoms. The van der Waals surface area contributed by atoms with Crippen LogP contribution in [0.1, 0.15) is 24.8 Å². The lowest BCUT2D eigenvalue weighted by atomic mass is 9.97. The zero-order chi connectivity index (χ0) is 15.2. The molecule has 21 heavy (non-hydrogen) atoms. The molecule has 1 aromatic carbocycles. The molecule has 1 aliphatic rings. The first-order valence-electron chi connectivity index (χ1n) is 7.46. The van der Waals surface area contributed by atoms with Crippen LogP contribution in [0.3, 0.4) is 0 Å². The Morgan fingerprint density at radius 1 is 1.43 bits per heavy atom. The second kappa shape index (κ2) is 8.02. The fourth-order valence-corrected chi connectivity index (χ4v) is 3.37. The molecule has 0 spiro atoms. The molecule has 1 N–H and O–H groups in total. The van der Waals surface area contributed by atoms with E-state index in [1.807, 2.05) is 24.1 Å². The van der Waals surface area contributed by atoms with Gasteiger partial charge in [0.05, 0.1) is 0 Å². The molecule has 2 rings (SSSR count). The van der Waals surface area contributed by atoms with Gasteiger partial charge in [0.15, 0.2) is 0 Å². The van der Waals surface area contributed by atoms with Crippen molar-refractivity contribution in [1.29, 1.82) is 0 Å². The first-order chi connectivity index (χ1) is 10.1. The first kappa shape index (κ1) is 16.6. The summed E-state index contributed by atoms with van der Waals surface area (Å²) in [6.45, 7) is 2.73. The van der Waals surface area contributed by atoms with Gasteiger partial charge < -0.3 is 10.2 Å². The minimum atomic E-state index is 0.224. The third-order valence-electron chi connectivity index (χ3n) is 3.99. The van der Waals surface area contributed by atoms with Crippen LogP contribution in [-0.2, 0) is 11.2 Å². The number of halogens is 2. The second-order valence-corrected chi connectivity index (χ2v) is 6.49. The average molecular weight is 329 g/mol. The van der Waals surface area contributed by atoms with Gasteiger partial charge in [-0.3, -0.25) is 4.79 Å². The van der Waals surface area contributed by atoms with E-state index in [0.29, 0.717) is 28.8 Å². The van der Waals surface area contributed by atoms with Gasteiger partial charge in [0.2, 0.25) is 5.91 Å². The number of amides is 1. The number of nitrogens with zero attached hydrogens (tertiary/aromatic N) is 1. The average Bonchev–Trinajstić information content (AvgIpc) is 2.47. The summed E-state index contributed by atoms with van der Waals surface area (Å²) in [7, 11) is 1.96. The lowest BCUT2D eigenvalue weighted by molar-refractivity contribution is -0.132. The fourth-order valence-electron chi connectivity index (χ4n) is 2.87. The Morgan fingerprint density at radius 2 is 2.24 bits per heavy atom. The van der Waals surface area contributed by atoms with Crippen LogP contribution in [0.4, 0.5) is 0 Å². The molecule has 3 nitrogen and oxygen atoms in total. The van der Waals surface area contributed by atoms with Gasteiger partial charge in [-0.2, -0.15) is 0 Å². The summed E-state index contributed by atoms with van der Waals surface area (Å²) in [6.07, 6.45) is 3.48. The van der Waals surface area contributed by atoms with Crippen molar-refractivity contribution in [3.63, 3.8) is 0 Å². The van der Waals surface area contributed by atoms with Crippen molar-refractivity contribution in [3.8, 4) is 0 Å². The van der Waals surface area contributed by atoms with Gasteiger partial charge in [-0.1, -0.05) is 29.3 Å². The van der Waals surface area contributed by atoms with Gasteiger partial charge in [-0.05, 0) is 56.5 Å². The Morgan fingerprint density at radius 3 is 2.95 bits per heavy atom. The van der Waals surface area contributed by atoms with Crippen molar-refractivity contribution < 1.29 is 4.79 Å². The summed E-state index contributed by atoms with van der Waals surface area (Å²) in [5.74, 6) is 0.800. The molecule has 1 saturated heterocycles. The largest absolute Gasteiger partial charge is 0.342 e. The van der Waals surface area contributed by atoms with Crippen molar-refractivity contribution in [2.45, 2.75) is 25.7 Å². The number of hydrogen-bond donors (Lipinski definition) is 1. The molecule has 1 atom stereocenters. The molecule has 1 fully saturated rings. The Kier molecular flexibility index (Phi) is 6.34. The third-order valence-corrected chi connectivity index (χ3v) is 4.57. The minimum Gasteiger partial charge on any atom is -0.342 e. The number of carbonyl (C=O) groups excluding carboxylic acids is 1. The number of benzene rings is 1. The van der Waals surface area contributed by atoms with E-state index in [1.165, 1.54) is 6.42 Å². The number of rotatable bonds is 5. The Labute approximate surface area is 136 Å². The van der Waals surface area contributed by atoms with E-state index >= 15 is 0 Å². The first-order valence-corrected chi connectivity index (χ1v) is 8.22. The van der Waals surface area contributed by atoms with Crippen molar-refractivity contribution in [1.82, 2.24) is 10.2 Å². The number of likely N-dealkylation sites (tertiary alicyclic amines) is 1. The van der Waals surface area contributed by atoms with Crippen LogP contribution in [0.15, 0.2) is 18.2 Å². The summed E-state index contributed by atoms with van der Waals surface area (Å²) in [6, 6.07) is 5.45. The number of hydrogen-bond acceptors (Lipinski definition) is 2. The normalized spacial score (nSPS) is 18.8. The topological polar surface area (TPSA) is 32.3 Å². The number of piperidine rings is 1. The molecule has 0 radical (unpaired) electrons. The zero-order valence-corrected chi connectivity index (χ0v) is 13.9. The molecule has 0 aromatic heterocycles. The lowest BCUT2D eigenvalue weighted by Crippen LogP contribution is -2.42. The summed E-state index contributed by atoms with van der Waals surface area (Å²) >= 11 is 12.0. The van der Waals surface area contributed by atoms with E-state index in [4.69, 9.17) is 23.2 Å². The highest BCUT2D eigenvalue weighted by atomic mass is 35.5. The van der Waals surface area contributed by atoms with Crippen LogP contribution in [0.2, 0.25) is 10.0 Å². The maximum absolute atomic E-state index is 12.3. The van der Waals surface area contributed by atoms with Crippen molar-refractivity contribution in [3.05, 3.63) is 33.8 Å². The SMILES string of the molecule is CNC[C@@H]1CCCN(C(=O)CCc2ccc(Cl)cc2Cl)C1. The van der Waals surface area contributed by atoms with Crippen LogP contribution < -0.4 is 5.32 Å². The molecule has 1 aromatic rings. The zero-order valence-electron chi connectivity index (χ0n) is 12.4. The second-order valence-electron chi connectivity index (χ2n) is 5.64. The van der Waals surface area contributed by atoms with Gasteiger partial charge >= 0.3 is 0 Å². The summed E-state index contributed by atoms with van der Waals surface area (Å²) < 4.78 is 0. The van der Waals surface area contributed by atoms with Crippen LogP contribution >= 0.6 is 23.2 Å². The Hall–Kier alpha value is -0.770. The molecule has 0 unspecified atom stereocenters. The summed E-state index contributed by atoms with van der Waals surface area (Å²) in [4.78, 5) is 14.3. The summed E-state index contributed by atoms with van der Waals surface area (Å²) in [5, 5.41) is 4.47. The molecular weight excluding hydrogens is 307 g/mol. The van der Waals surface area contributed by atoms with Gasteiger partial charge in [-0.25, -0.2) is 0 Å². The van der Waals surface area contributed by atoms with Gasteiger partial charge in [0, 0.05) is 29.6 Å². The minimum absolute atomic E-state index is 0.224. The van der Waals surface area contributed by atoms with Crippen LogP contribution in [0.25, 0.3) is 0 Å². The lowest BCUT2D eigenvalue weighted by Gasteiger charge is -2.32. The van der Waals surface area contributed by atoms with E-state index in [0.717, 1.165) is 31.6 Å². The highest BCUT2D eigenvalue weighted by Crippen LogP contribution is 2.23. The molecule has 1 amide bonds. The number of carbonyl (C=O) groups is 1. The highest BCUT2D eigenvalue weighted by Gasteiger charge is 2.22. The molecular formula is C16H22Cl2N2O. The molecule has 0 aliphatic carbocycles. The molecule has 0 saturated carbocycles. The number of aryl methyl sites for hydroxylation is 1. The van der Waals surface area contributed by atoms with Crippen molar-refractivity contribution in [2.75, 3.05) is 26.7 Å². The Bertz CT molecular complexity index is 491. The van der Waals surface area contributed by atoms with Crippen LogP contribution in [-0.4, -0.2) is 37.5 Å². The molecule has 1 heterocycles. The quantitative estimate of drug-likeness (QED) is 0.898.